The summed E-state index contributed by atoms with van der Waals surface area (Å²) in [5.41, 5.74) is 0. The summed E-state index contributed by atoms with van der Waals surface area (Å²) in [6.07, 6.45) is 4.79. The maximum Gasteiger partial charge on any atom is 0.136 e. The molecule has 4 heteroatoms. The molecule has 1 aromatic heterocycles. The van der Waals surface area contributed by atoms with Crippen LogP contribution in [0.15, 0.2) is 6.07 Å². The Labute approximate surface area is 110 Å². The van der Waals surface area contributed by atoms with Crippen LogP contribution in [0.1, 0.15) is 51.3 Å². The second kappa shape index (κ2) is 6.03. The SMILES string of the molecule is CCCN(CCC)c1cc(NC)nc(C2CC2)n1. The summed E-state index contributed by atoms with van der Waals surface area (Å²) in [6.45, 7) is 6.56. The van der Waals surface area contributed by atoms with Crippen LogP contribution >= 0.6 is 0 Å². The summed E-state index contributed by atoms with van der Waals surface area (Å²) in [7, 11) is 1.92. The van der Waals surface area contributed by atoms with E-state index in [0.717, 1.165) is 43.4 Å². The van der Waals surface area contributed by atoms with Gasteiger partial charge in [-0.15, -0.1) is 0 Å². The van der Waals surface area contributed by atoms with Gasteiger partial charge < -0.3 is 10.2 Å². The first-order valence-corrected chi connectivity index (χ1v) is 7.10. The minimum absolute atomic E-state index is 0.599. The number of nitrogens with one attached hydrogen (secondary N) is 1. The van der Waals surface area contributed by atoms with E-state index in [4.69, 9.17) is 4.98 Å². The molecule has 1 fully saturated rings. The van der Waals surface area contributed by atoms with Crippen LogP contribution in [0.4, 0.5) is 11.6 Å². The fourth-order valence-corrected chi connectivity index (χ4v) is 2.15. The fourth-order valence-electron chi connectivity index (χ4n) is 2.15. The van der Waals surface area contributed by atoms with E-state index < -0.39 is 0 Å². The molecule has 2 rings (SSSR count). The van der Waals surface area contributed by atoms with Gasteiger partial charge in [-0.3, -0.25) is 0 Å². The number of hydrogen-bond donors (Lipinski definition) is 1. The summed E-state index contributed by atoms with van der Waals surface area (Å²) in [5, 5.41) is 3.15. The van der Waals surface area contributed by atoms with E-state index in [2.05, 4.69) is 35.1 Å². The van der Waals surface area contributed by atoms with E-state index in [0.29, 0.717) is 5.92 Å². The van der Waals surface area contributed by atoms with E-state index in [1.807, 2.05) is 7.05 Å². The highest BCUT2D eigenvalue weighted by atomic mass is 15.2. The van der Waals surface area contributed by atoms with E-state index >= 15 is 0 Å². The standard InChI is InChI=1S/C14H24N4/c1-4-8-18(9-5-2)13-10-12(15-3)16-14(17-13)11-6-7-11/h10-11H,4-9H2,1-3H3,(H,15,16,17). The molecule has 0 saturated heterocycles. The van der Waals surface area contributed by atoms with Crippen LogP contribution in [0, 0.1) is 0 Å². The Morgan fingerprint density at radius 1 is 1.22 bits per heavy atom. The largest absolute Gasteiger partial charge is 0.373 e. The van der Waals surface area contributed by atoms with Gasteiger partial charge in [0.15, 0.2) is 0 Å². The Morgan fingerprint density at radius 3 is 2.39 bits per heavy atom. The van der Waals surface area contributed by atoms with Gasteiger partial charge in [0.05, 0.1) is 0 Å². The van der Waals surface area contributed by atoms with Gasteiger partial charge in [-0.05, 0) is 25.7 Å². The van der Waals surface area contributed by atoms with Gasteiger partial charge in [0, 0.05) is 32.1 Å². The van der Waals surface area contributed by atoms with Gasteiger partial charge in [-0.1, -0.05) is 13.8 Å². The van der Waals surface area contributed by atoms with Crippen LogP contribution in [0.3, 0.4) is 0 Å². The number of aromatic nitrogens is 2. The second-order valence-corrected chi connectivity index (χ2v) is 4.98. The Kier molecular flexibility index (Phi) is 4.39. The molecule has 1 aromatic rings. The van der Waals surface area contributed by atoms with Crippen LogP contribution in [0.2, 0.25) is 0 Å². The van der Waals surface area contributed by atoms with Crippen molar-refractivity contribution in [2.75, 3.05) is 30.4 Å². The average Bonchev–Trinajstić information content (AvgIpc) is 3.22. The predicted molar refractivity (Wildman–Crippen MR) is 76.3 cm³/mol. The maximum absolute atomic E-state index is 4.76. The van der Waals surface area contributed by atoms with Crippen molar-refractivity contribution < 1.29 is 0 Å². The summed E-state index contributed by atoms with van der Waals surface area (Å²) in [4.78, 5) is 11.7. The van der Waals surface area contributed by atoms with Crippen LogP contribution in [0.5, 0.6) is 0 Å². The van der Waals surface area contributed by atoms with Crippen molar-refractivity contribution in [1.82, 2.24) is 9.97 Å². The molecule has 1 aliphatic carbocycles. The van der Waals surface area contributed by atoms with E-state index in [1.165, 1.54) is 12.8 Å². The molecule has 0 amide bonds. The topological polar surface area (TPSA) is 41.0 Å². The molecule has 0 unspecified atom stereocenters. The van der Waals surface area contributed by atoms with Gasteiger partial charge in [0.1, 0.15) is 17.5 Å². The van der Waals surface area contributed by atoms with Crippen LogP contribution < -0.4 is 10.2 Å². The Hall–Kier alpha value is -1.32. The summed E-state index contributed by atoms with van der Waals surface area (Å²) < 4.78 is 0. The quantitative estimate of drug-likeness (QED) is 0.805. The molecule has 1 N–H and O–H groups in total. The number of anilines is 2. The second-order valence-electron chi connectivity index (χ2n) is 4.98. The van der Waals surface area contributed by atoms with Crippen molar-refractivity contribution in [1.29, 1.82) is 0 Å². The Bertz CT molecular complexity index is 381. The van der Waals surface area contributed by atoms with Crippen molar-refractivity contribution >= 4 is 11.6 Å². The maximum atomic E-state index is 4.76. The van der Waals surface area contributed by atoms with Crippen molar-refractivity contribution in [3.8, 4) is 0 Å². The predicted octanol–water partition coefficient (Wildman–Crippen LogP) is 3.02. The third-order valence-corrected chi connectivity index (χ3v) is 3.24. The summed E-state index contributed by atoms with van der Waals surface area (Å²) in [5.74, 6) is 3.65. The highest BCUT2D eigenvalue weighted by Gasteiger charge is 2.27. The third-order valence-electron chi connectivity index (χ3n) is 3.24. The van der Waals surface area contributed by atoms with Crippen LogP contribution in [-0.2, 0) is 0 Å². The lowest BCUT2D eigenvalue weighted by molar-refractivity contribution is 0.727. The lowest BCUT2D eigenvalue weighted by Crippen LogP contribution is -2.26. The molecule has 0 radical (unpaired) electrons. The summed E-state index contributed by atoms with van der Waals surface area (Å²) >= 11 is 0. The zero-order valence-corrected chi connectivity index (χ0v) is 11.7. The van der Waals surface area contributed by atoms with Crippen LogP contribution in [0.25, 0.3) is 0 Å². The lowest BCUT2D eigenvalue weighted by atomic mass is 10.3. The zero-order valence-electron chi connectivity index (χ0n) is 11.7. The van der Waals surface area contributed by atoms with Crippen molar-refractivity contribution in [2.45, 2.75) is 45.4 Å². The molecule has 4 nitrogen and oxygen atoms in total. The number of nitrogens with zero attached hydrogens (tertiary/aromatic N) is 3. The number of rotatable bonds is 7. The van der Waals surface area contributed by atoms with Gasteiger partial charge in [-0.25, -0.2) is 9.97 Å². The van der Waals surface area contributed by atoms with Gasteiger partial charge in [-0.2, -0.15) is 0 Å². The van der Waals surface area contributed by atoms with Gasteiger partial charge in [0.2, 0.25) is 0 Å². The molecule has 1 saturated carbocycles. The van der Waals surface area contributed by atoms with Crippen molar-refractivity contribution in [2.24, 2.45) is 0 Å². The zero-order chi connectivity index (χ0) is 13.0. The van der Waals surface area contributed by atoms with Crippen molar-refractivity contribution in [3.05, 3.63) is 11.9 Å². The normalized spacial score (nSPS) is 14.6. The minimum Gasteiger partial charge on any atom is -0.373 e. The van der Waals surface area contributed by atoms with Gasteiger partial charge >= 0.3 is 0 Å². The monoisotopic (exact) mass is 248 g/mol. The van der Waals surface area contributed by atoms with E-state index in [1.54, 1.807) is 0 Å². The molecule has 0 atom stereocenters. The van der Waals surface area contributed by atoms with Crippen LogP contribution in [-0.4, -0.2) is 30.1 Å². The molecule has 18 heavy (non-hydrogen) atoms. The molecule has 0 aliphatic heterocycles. The third kappa shape index (κ3) is 3.12. The molecule has 100 valence electrons. The fraction of sp³-hybridized carbons (Fsp3) is 0.714. The molecule has 0 aromatic carbocycles. The number of hydrogen-bond acceptors (Lipinski definition) is 4. The van der Waals surface area contributed by atoms with E-state index in [9.17, 15) is 0 Å². The molecule has 1 heterocycles. The first-order chi connectivity index (χ1) is 8.78. The Balaban J connectivity index is 2.25. The Morgan fingerprint density at radius 2 is 1.89 bits per heavy atom. The molecular formula is C14H24N4. The van der Waals surface area contributed by atoms with Crippen molar-refractivity contribution in [3.63, 3.8) is 0 Å². The van der Waals surface area contributed by atoms with E-state index in [-0.39, 0.29) is 0 Å². The first-order valence-electron chi connectivity index (χ1n) is 7.10. The van der Waals surface area contributed by atoms with Gasteiger partial charge in [0.25, 0.3) is 0 Å². The smallest absolute Gasteiger partial charge is 0.136 e. The highest BCUT2D eigenvalue weighted by Crippen LogP contribution is 2.39. The average molecular weight is 248 g/mol. The highest BCUT2D eigenvalue weighted by molar-refractivity contribution is 5.49. The minimum atomic E-state index is 0.599. The molecular weight excluding hydrogens is 224 g/mol. The summed E-state index contributed by atoms with van der Waals surface area (Å²) in [6, 6.07) is 2.07. The molecule has 0 spiro atoms. The lowest BCUT2D eigenvalue weighted by Gasteiger charge is -2.23. The molecule has 1 aliphatic rings. The first kappa shape index (κ1) is 13.1. The molecule has 0 bridgehead atoms.